The molecule has 0 aromatic carbocycles. The van der Waals surface area contributed by atoms with E-state index in [1.807, 2.05) is 6.92 Å². The maximum atomic E-state index is 11.1. The molecule has 2 atom stereocenters. The zero-order chi connectivity index (χ0) is 13.8. The van der Waals surface area contributed by atoms with Crippen molar-refractivity contribution in [2.24, 2.45) is 0 Å². The molecule has 2 fully saturated rings. The van der Waals surface area contributed by atoms with Gasteiger partial charge in [-0.25, -0.2) is 0 Å². The highest BCUT2D eigenvalue weighted by Gasteiger charge is 2.84. The van der Waals surface area contributed by atoms with Gasteiger partial charge in [0.2, 0.25) is 8.32 Å². The van der Waals surface area contributed by atoms with Gasteiger partial charge >= 0.3 is 11.9 Å². The summed E-state index contributed by atoms with van der Waals surface area (Å²) >= 11 is 0. The Morgan fingerprint density at radius 3 is 1.89 bits per heavy atom. The molecule has 2 saturated heterocycles. The van der Waals surface area contributed by atoms with Crippen LogP contribution in [0.1, 0.15) is 34.6 Å². The molecule has 6 heteroatoms. The minimum absolute atomic E-state index is 0.153. The first-order valence-corrected chi connectivity index (χ1v) is 8.25. The maximum Gasteiger partial charge on any atom is 0.305 e. The number of hydrogen-bond acceptors (Lipinski definition) is 5. The predicted octanol–water partition coefficient (Wildman–Crippen LogP) is 1.97. The summed E-state index contributed by atoms with van der Waals surface area (Å²) in [4.78, 5) is 22.3. The number of ether oxygens (including phenoxy) is 2. The number of hydrogen-bond donors (Lipinski definition) is 0. The molecule has 0 saturated carbocycles. The zero-order valence-corrected chi connectivity index (χ0v) is 12.5. The van der Waals surface area contributed by atoms with Crippen molar-refractivity contribution in [3.63, 3.8) is 0 Å². The summed E-state index contributed by atoms with van der Waals surface area (Å²) in [5.74, 6) is -0.869. The fourth-order valence-corrected chi connectivity index (χ4v) is 8.71. The smallest absolute Gasteiger partial charge is 0.305 e. The lowest BCUT2D eigenvalue weighted by Crippen LogP contribution is -2.54. The molecule has 1 spiro atoms. The Balaban J connectivity index is 2.17. The van der Waals surface area contributed by atoms with E-state index >= 15 is 0 Å². The molecule has 0 aliphatic carbocycles. The lowest BCUT2D eigenvalue weighted by molar-refractivity contribution is -0.189. The first-order valence-electron chi connectivity index (χ1n) is 6.13. The summed E-state index contributed by atoms with van der Waals surface area (Å²) in [5.41, 5.74) is 0. The average molecular weight is 272 g/mol. The molecule has 5 nitrogen and oxygen atoms in total. The van der Waals surface area contributed by atoms with E-state index in [2.05, 4.69) is 13.8 Å². The molecular weight excluding hydrogens is 252 g/mol. The first kappa shape index (κ1) is 13.5. The van der Waals surface area contributed by atoms with Crippen LogP contribution in [0, 0.1) is 0 Å². The highest BCUT2D eigenvalue weighted by molar-refractivity contribution is 6.92. The van der Waals surface area contributed by atoms with E-state index in [-0.39, 0.29) is 10.1 Å². The second-order valence-electron chi connectivity index (χ2n) is 6.14. The van der Waals surface area contributed by atoms with Crippen LogP contribution in [0.15, 0.2) is 0 Å². The molecule has 0 bridgehead atoms. The Bertz CT molecular complexity index is 391. The van der Waals surface area contributed by atoms with E-state index < -0.39 is 26.5 Å². The normalized spacial score (nSPS) is 36.1. The lowest BCUT2D eigenvalue weighted by Gasteiger charge is -2.47. The largest absolute Gasteiger partial charge is 0.425 e. The molecule has 0 N–H and O–H groups in total. The number of carbonyl (C=O) groups is 2. The van der Waals surface area contributed by atoms with Crippen LogP contribution in [0.3, 0.4) is 0 Å². The molecule has 2 aliphatic rings. The van der Waals surface area contributed by atoms with Crippen molar-refractivity contribution in [2.45, 2.75) is 57.0 Å². The average Bonchev–Trinajstić information content (AvgIpc) is 2.86. The predicted molar refractivity (Wildman–Crippen MR) is 66.2 cm³/mol. The van der Waals surface area contributed by atoms with Gasteiger partial charge in [-0.2, -0.15) is 0 Å². The van der Waals surface area contributed by atoms with Crippen LogP contribution in [0.25, 0.3) is 0 Å². The Kier molecular flexibility index (Phi) is 2.86. The zero-order valence-electron chi connectivity index (χ0n) is 11.5. The van der Waals surface area contributed by atoms with Crippen molar-refractivity contribution < 1.29 is 23.5 Å². The third kappa shape index (κ3) is 1.70. The van der Waals surface area contributed by atoms with Crippen molar-refractivity contribution in [3.8, 4) is 0 Å². The van der Waals surface area contributed by atoms with E-state index in [0.29, 0.717) is 0 Å². The summed E-state index contributed by atoms with van der Waals surface area (Å²) in [5, 5.41) is -0.160. The molecule has 0 radical (unpaired) electrons. The standard InChI is InChI=1S/C12H20O5Si/c1-8(13)16-10(17-9(2)14)12(5)7-18(12)11(3,4)6-15-18/h10H,6-7H2,1-5H3. The van der Waals surface area contributed by atoms with E-state index in [4.69, 9.17) is 13.9 Å². The second-order valence-corrected chi connectivity index (χ2v) is 10.9. The van der Waals surface area contributed by atoms with Crippen molar-refractivity contribution in [1.29, 1.82) is 0 Å². The fraction of sp³-hybridized carbons (Fsp3) is 0.833. The van der Waals surface area contributed by atoms with Gasteiger partial charge in [0.25, 0.3) is 6.29 Å². The minimum Gasteiger partial charge on any atom is -0.425 e. The Labute approximate surface area is 108 Å². The maximum absolute atomic E-state index is 11.1. The van der Waals surface area contributed by atoms with Crippen molar-refractivity contribution in [1.82, 2.24) is 0 Å². The molecule has 2 rings (SSSR count). The minimum atomic E-state index is -1.93. The van der Waals surface area contributed by atoms with E-state index in [9.17, 15) is 9.59 Å². The van der Waals surface area contributed by atoms with Crippen molar-refractivity contribution >= 4 is 20.3 Å². The number of rotatable bonds is 3. The third-order valence-corrected chi connectivity index (χ3v) is 10.3. The second kappa shape index (κ2) is 3.80. The van der Waals surface area contributed by atoms with Crippen molar-refractivity contribution in [3.05, 3.63) is 0 Å². The van der Waals surface area contributed by atoms with Crippen LogP contribution in [-0.4, -0.2) is 33.2 Å². The molecule has 2 unspecified atom stereocenters. The molecule has 0 amide bonds. The van der Waals surface area contributed by atoms with Crippen LogP contribution in [-0.2, 0) is 23.5 Å². The Morgan fingerprint density at radius 2 is 1.67 bits per heavy atom. The van der Waals surface area contributed by atoms with E-state index in [1.54, 1.807) is 0 Å². The van der Waals surface area contributed by atoms with Gasteiger partial charge in [-0.1, -0.05) is 20.8 Å². The van der Waals surface area contributed by atoms with Gasteiger partial charge in [0.15, 0.2) is 0 Å². The quantitative estimate of drug-likeness (QED) is 0.446. The van der Waals surface area contributed by atoms with Crippen LogP contribution >= 0.6 is 0 Å². The van der Waals surface area contributed by atoms with Gasteiger partial charge < -0.3 is 13.9 Å². The van der Waals surface area contributed by atoms with Crippen LogP contribution in [0.5, 0.6) is 0 Å². The third-order valence-electron chi connectivity index (χ3n) is 4.25. The van der Waals surface area contributed by atoms with Gasteiger partial charge in [0.05, 0.1) is 5.04 Å². The molecule has 2 aliphatic heterocycles. The topological polar surface area (TPSA) is 61.8 Å². The highest BCUT2D eigenvalue weighted by atomic mass is 28.4. The SMILES string of the molecule is CC(=O)OC(OC(C)=O)C1(C)C[Si]12OCC2(C)C. The summed E-state index contributed by atoms with van der Waals surface area (Å²) in [6.07, 6.45) is -0.807. The Morgan fingerprint density at radius 1 is 1.17 bits per heavy atom. The number of esters is 2. The molecule has 102 valence electrons. The van der Waals surface area contributed by atoms with Crippen LogP contribution in [0.4, 0.5) is 0 Å². The first-order chi connectivity index (χ1) is 8.15. The molecule has 0 aromatic rings. The summed E-state index contributed by atoms with van der Waals surface area (Å²) in [6, 6.07) is 0.873. The van der Waals surface area contributed by atoms with Gasteiger partial charge in [0.1, 0.15) is 0 Å². The van der Waals surface area contributed by atoms with Crippen LogP contribution in [0.2, 0.25) is 16.1 Å². The van der Waals surface area contributed by atoms with Gasteiger partial charge in [-0.3, -0.25) is 9.59 Å². The molecule has 18 heavy (non-hydrogen) atoms. The van der Waals surface area contributed by atoms with E-state index in [1.165, 1.54) is 13.8 Å². The van der Waals surface area contributed by atoms with Gasteiger partial charge in [-0.05, 0) is 6.04 Å². The number of carbonyl (C=O) groups excluding carboxylic acids is 2. The van der Waals surface area contributed by atoms with Crippen molar-refractivity contribution in [2.75, 3.05) is 6.61 Å². The molecule has 0 aromatic heterocycles. The summed E-state index contributed by atoms with van der Waals surface area (Å²) in [6.45, 7) is 9.73. The highest BCUT2D eigenvalue weighted by Crippen LogP contribution is 2.78. The summed E-state index contributed by atoms with van der Waals surface area (Å²) < 4.78 is 16.2. The van der Waals surface area contributed by atoms with E-state index in [0.717, 1.165) is 12.7 Å². The monoisotopic (exact) mass is 272 g/mol. The molecular formula is C12H20O5Si. The molecule has 2 heterocycles. The van der Waals surface area contributed by atoms with Gasteiger partial charge in [0, 0.05) is 25.5 Å². The van der Waals surface area contributed by atoms with Gasteiger partial charge in [-0.15, -0.1) is 0 Å². The fourth-order valence-electron chi connectivity index (χ4n) is 3.10. The summed E-state index contributed by atoms with van der Waals surface area (Å²) in [7, 11) is -1.93. The lowest BCUT2D eigenvalue weighted by atomic mass is 10.2. The Hall–Kier alpha value is -0.883. The van der Waals surface area contributed by atoms with Crippen LogP contribution < -0.4 is 0 Å².